The third-order valence-corrected chi connectivity index (χ3v) is 4.21. The first-order valence-electron chi connectivity index (χ1n) is 7.12. The molecule has 0 bridgehead atoms. The molecule has 2 aromatic heterocycles. The van der Waals surface area contributed by atoms with Gasteiger partial charge in [0.1, 0.15) is 18.0 Å². The number of thioether (sulfide) groups is 1. The van der Waals surface area contributed by atoms with Crippen LogP contribution in [0.2, 0.25) is 0 Å². The van der Waals surface area contributed by atoms with Crippen molar-refractivity contribution in [2.45, 2.75) is 12.1 Å². The summed E-state index contributed by atoms with van der Waals surface area (Å²) in [7, 11) is 1.81. The van der Waals surface area contributed by atoms with Crippen LogP contribution in [-0.4, -0.2) is 36.2 Å². The summed E-state index contributed by atoms with van der Waals surface area (Å²) in [6.45, 7) is 1.82. The fourth-order valence-corrected chi connectivity index (χ4v) is 2.77. The van der Waals surface area contributed by atoms with E-state index in [1.807, 2.05) is 14.0 Å². The van der Waals surface area contributed by atoms with Crippen LogP contribution in [-0.2, 0) is 11.8 Å². The second kappa shape index (κ2) is 6.83. The molecule has 3 aromatic rings. The molecule has 0 saturated carbocycles. The summed E-state index contributed by atoms with van der Waals surface area (Å²) in [5, 5.41) is 15.5. The minimum atomic E-state index is -0.326. The zero-order valence-corrected chi connectivity index (χ0v) is 13.9. The number of aryl methyl sites for hydroxylation is 2. The number of halogens is 1. The lowest BCUT2D eigenvalue weighted by atomic mass is 10.3. The highest BCUT2D eigenvalue weighted by Crippen LogP contribution is 2.19. The third kappa shape index (κ3) is 3.62. The smallest absolute Gasteiger partial charge is 0.236 e. The van der Waals surface area contributed by atoms with E-state index >= 15 is 0 Å². The number of benzene rings is 1. The van der Waals surface area contributed by atoms with Crippen molar-refractivity contribution in [3.05, 3.63) is 48.2 Å². The Kier molecular flexibility index (Phi) is 4.61. The first-order valence-corrected chi connectivity index (χ1v) is 8.11. The molecule has 0 spiro atoms. The number of hydrogen-bond donors (Lipinski definition) is 1. The van der Waals surface area contributed by atoms with Gasteiger partial charge in [0.2, 0.25) is 5.91 Å². The monoisotopic (exact) mass is 346 g/mol. The van der Waals surface area contributed by atoms with E-state index in [-0.39, 0.29) is 17.5 Å². The molecule has 0 radical (unpaired) electrons. The molecule has 0 fully saturated rings. The average molecular weight is 346 g/mol. The first-order chi connectivity index (χ1) is 11.5. The minimum absolute atomic E-state index is 0.189. The summed E-state index contributed by atoms with van der Waals surface area (Å²) in [4.78, 5) is 12.2. The molecule has 1 aromatic carbocycles. The van der Waals surface area contributed by atoms with Crippen molar-refractivity contribution in [1.82, 2.24) is 24.5 Å². The van der Waals surface area contributed by atoms with Gasteiger partial charge in [0.05, 0.1) is 17.1 Å². The molecule has 0 aliphatic rings. The second-order valence-electron chi connectivity index (χ2n) is 5.12. The van der Waals surface area contributed by atoms with Gasteiger partial charge in [-0.2, -0.15) is 5.10 Å². The number of amides is 1. The highest BCUT2D eigenvalue weighted by molar-refractivity contribution is 7.99. The normalized spacial score (nSPS) is 10.8. The van der Waals surface area contributed by atoms with Gasteiger partial charge in [-0.15, -0.1) is 10.2 Å². The van der Waals surface area contributed by atoms with Crippen LogP contribution in [0.5, 0.6) is 0 Å². The van der Waals surface area contributed by atoms with E-state index in [4.69, 9.17) is 0 Å². The van der Waals surface area contributed by atoms with E-state index in [0.29, 0.717) is 16.7 Å². The van der Waals surface area contributed by atoms with Gasteiger partial charge in [-0.25, -0.2) is 9.07 Å². The Labute approximate surface area is 141 Å². The fourth-order valence-electron chi connectivity index (χ4n) is 2.08. The molecule has 0 saturated heterocycles. The second-order valence-corrected chi connectivity index (χ2v) is 6.06. The Morgan fingerprint density at radius 2 is 2.08 bits per heavy atom. The van der Waals surface area contributed by atoms with Crippen molar-refractivity contribution in [3.63, 3.8) is 0 Å². The quantitative estimate of drug-likeness (QED) is 0.717. The van der Waals surface area contributed by atoms with Crippen LogP contribution in [0.25, 0.3) is 5.69 Å². The topological polar surface area (TPSA) is 77.6 Å². The Morgan fingerprint density at radius 3 is 2.75 bits per heavy atom. The van der Waals surface area contributed by atoms with Crippen LogP contribution in [0, 0.1) is 12.7 Å². The third-order valence-electron chi connectivity index (χ3n) is 3.17. The predicted octanol–water partition coefficient (Wildman–Crippen LogP) is 2.18. The molecule has 3 rings (SSSR count). The zero-order chi connectivity index (χ0) is 17.1. The summed E-state index contributed by atoms with van der Waals surface area (Å²) in [6, 6.07) is 7.66. The summed E-state index contributed by atoms with van der Waals surface area (Å²) in [5.41, 5.74) is 1.41. The maximum Gasteiger partial charge on any atom is 0.236 e. The Bertz CT molecular complexity index is 857. The van der Waals surface area contributed by atoms with Gasteiger partial charge in [0, 0.05) is 13.1 Å². The van der Waals surface area contributed by atoms with Crippen molar-refractivity contribution >= 4 is 23.5 Å². The molecule has 1 N–H and O–H groups in total. The van der Waals surface area contributed by atoms with Gasteiger partial charge in [-0.3, -0.25) is 4.79 Å². The Morgan fingerprint density at radius 1 is 1.33 bits per heavy atom. The van der Waals surface area contributed by atoms with Crippen molar-refractivity contribution in [2.24, 2.45) is 7.05 Å². The zero-order valence-electron chi connectivity index (χ0n) is 13.1. The average Bonchev–Trinajstić information content (AvgIpc) is 3.12. The molecule has 0 atom stereocenters. The molecule has 124 valence electrons. The fraction of sp³-hybridized carbons (Fsp3) is 0.200. The summed E-state index contributed by atoms with van der Waals surface area (Å²) >= 11 is 1.29. The predicted molar refractivity (Wildman–Crippen MR) is 88.6 cm³/mol. The number of nitrogens with zero attached hydrogens (tertiary/aromatic N) is 5. The molecule has 2 heterocycles. The van der Waals surface area contributed by atoms with Gasteiger partial charge in [-0.1, -0.05) is 11.8 Å². The van der Waals surface area contributed by atoms with E-state index in [9.17, 15) is 9.18 Å². The van der Waals surface area contributed by atoms with Gasteiger partial charge >= 0.3 is 0 Å². The van der Waals surface area contributed by atoms with E-state index in [0.717, 1.165) is 5.69 Å². The number of aromatic nitrogens is 5. The van der Waals surface area contributed by atoms with E-state index < -0.39 is 0 Å². The molecule has 24 heavy (non-hydrogen) atoms. The van der Waals surface area contributed by atoms with Crippen molar-refractivity contribution in [1.29, 1.82) is 0 Å². The van der Waals surface area contributed by atoms with Crippen molar-refractivity contribution in [2.75, 3.05) is 11.1 Å². The molecule has 1 amide bonds. The maximum absolute atomic E-state index is 13.1. The van der Waals surface area contributed by atoms with E-state index in [2.05, 4.69) is 20.6 Å². The summed E-state index contributed by atoms with van der Waals surface area (Å²) < 4.78 is 16.4. The highest BCUT2D eigenvalue weighted by atomic mass is 32.2. The summed E-state index contributed by atoms with van der Waals surface area (Å²) in [6.07, 6.45) is 1.58. The van der Waals surface area contributed by atoms with Crippen molar-refractivity contribution < 1.29 is 9.18 Å². The van der Waals surface area contributed by atoms with Gasteiger partial charge in [-0.05, 0) is 31.2 Å². The molecule has 7 nitrogen and oxygen atoms in total. The lowest BCUT2D eigenvalue weighted by Crippen LogP contribution is -2.17. The highest BCUT2D eigenvalue weighted by Gasteiger charge is 2.12. The van der Waals surface area contributed by atoms with Crippen LogP contribution < -0.4 is 5.32 Å². The van der Waals surface area contributed by atoms with Gasteiger partial charge in [0.25, 0.3) is 0 Å². The Hall–Kier alpha value is -2.68. The number of nitrogens with one attached hydrogen (secondary N) is 1. The lowest BCUT2D eigenvalue weighted by molar-refractivity contribution is -0.113. The van der Waals surface area contributed by atoms with Crippen LogP contribution in [0.3, 0.4) is 0 Å². The number of hydrogen-bond acceptors (Lipinski definition) is 5. The van der Waals surface area contributed by atoms with Crippen LogP contribution >= 0.6 is 11.8 Å². The maximum atomic E-state index is 13.1. The number of rotatable bonds is 5. The molecule has 0 aliphatic heterocycles. The number of carbonyl (C=O) groups excluding carboxylic acids is 1. The van der Waals surface area contributed by atoms with E-state index in [1.165, 1.54) is 23.9 Å². The number of carbonyl (C=O) groups is 1. The molecular formula is C15H15FN6OS. The van der Waals surface area contributed by atoms with E-state index in [1.54, 1.807) is 33.8 Å². The number of anilines is 1. The summed E-state index contributed by atoms with van der Waals surface area (Å²) in [5.74, 6) is 0.211. The SMILES string of the molecule is Cc1cc(NC(=O)CSc2nncn2C)n(-c2ccc(F)cc2)n1. The minimum Gasteiger partial charge on any atom is -0.312 e. The molecule has 9 heteroatoms. The largest absolute Gasteiger partial charge is 0.312 e. The van der Waals surface area contributed by atoms with Crippen molar-refractivity contribution in [3.8, 4) is 5.69 Å². The standard InChI is InChI=1S/C15H15FN6OS/c1-10-7-13(22(20-10)12-5-3-11(16)4-6-12)18-14(23)8-24-15-19-17-9-21(15)2/h3-7,9H,8H2,1-2H3,(H,18,23). The molecule has 0 aliphatic carbocycles. The molecular weight excluding hydrogens is 331 g/mol. The Balaban J connectivity index is 1.72. The van der Waals surface area contributed by atoms with Gasteiger partial charge in [0.15, 0.2) is 5.16 Å². The van der Waals surface area contributed by atoms with Crippen LogP contribution in [0.15, 0.2) is 41.8 Å². The van der Waals surface area contributed by atoms with Crippen LogP contribution in [0.4, 0.5) is 10.2 Å². The van der Waals surface area contributed by atoms with Gasteiger partial charge < -0.3 is 9.88 Å². The van der Waals surface area contributed by atoms with Crippen LogP contribution in [0.1, 0.15) is 5.69 Å². The first kappa shape index (κ1) is 16.2. The molecule has 0 unspecified atom stereocenters. The lowest BCUT2D eigenvalue weighted by Gasteiger charge is -2.08.